The zero-order chi connectivity index (χ0) is 23.2. The number of rotatable bonds is 2. The van der Waals surface area contributed by atoms with E-state index in [0.29, 0.717) is 0 Å². The van der Waals surface area contributed by atoms with Crippen molar-refractivity contribution in [3.8, 4) is 11.1 Å². The first-order chi connectivity index (χ1) is 14.8. The molecule has 5 nitrogen and oxygen atoms in total. The normalized spacial score (nSPS) is 14.5. The maximum atomic E-state index is 5.62. The fourth-order valence-electron chi connectivity index (χ4n) is 3.74. The van der Waals surface area contributed by atoms with E-state index in [9.17, 15) is 0 Å². The van der Waals surface area contributed by atoms with E-state index < -0.39 is 0 Å². The molecule has 1 unspecified atom stereocenters. The van der Waals surface area contributed by atoms with Crippen LogP contribution in [0.15, 0.2) is 54.9 Å². The Labute approximate surface area is 187 Å². The van der Waals surface area contributed by atoms with Crippen LogP contribution in [0.1, 0.15) is 65.8 Å². The highest BCUT2D eigenvalue weighted by Gasteiger charge is 2.37. The molecular weight excluding hydrogens is 382 g/mol. The summed E-state index contributed by atoms with van der Waals surface area (Å²) in [5, 5.41) is 3.73. The second-order valence-corrected chi connectivity index (χ2v) is 8.01. The van der Waals surface area contributed by atoms with E-state index in [1.54, 1.807) is 12.4 Å². The van der Waals surface area contributed by atoms with Crippen molar-refractivity contribution < 1.29 is 0 Å². The summed E-state index contributed by atoms with van der Waals surface area (Å²) in [5.74, 6) is 0.288. The molecule has 2 aromatic carbocycles. The summed E-state index contributed by atoms with van der Waals surface area (Å²) in [6, 6.07) is 15.0. The first kappa shape index (κ1) is 24.2. The fraction of sp³-hybridized carbons (Fsp3) is 0.385. The van der Waals surface area contributed by atoms with Gasteiger partial charge in [0, 0.05) is 23.5 Å². The van der Waals surface area contributed by atoms with Gasteiger partial charge in [-0.1, -0.05) is 58.0 Å². The lowest BCUT2D eigenvalue weighted by atomic mass is 9.99. The van der Waals surface area contributed by atoms with Crippen molar-refractivity contribution in [1.82, 2.24) is 9.97 Å². The van der Waals surface area contributed by atoms with Gasteiger partial charge >= 0.3 is 0 Å². The average molecular weight is 420 g/mol. The molecule has 0 radical (unpaired) electrons. The molecule has 0 saturated carbocycles. The molecule has 3 N–H and O–H groups in total. The average Bonchev–Trinajstić information content (AvgIpc) is 3.16. The molecule has 5 heteroatoms. The van der Waals surface area contributed by atoms with Crippen molar-refractivity contribution in [1.29, 1.82) is 0 Å². The first-order valence-electron chi connectivity index (χ1n) is 11.2. The van der Waals surface area contributed by atoms with Crippen LogP contribution in [0.3, 0.4) is 0 Å². The third-order valence-corrected chi connectivity index (χ3v) is 5.02. The van der Waals surface area contributed by atoms with Crippen molar-refractivity contribution in [2.24, 2.45) is 0 Å². The number of nitrogen functional groups attached to an aromatic ring is 1. The van der Waals surface area contributed by atoms with E-state index in [2.05, 4.69) is 90.3 Å². The van der Waals surface area contributed by atoms with E-state index in [1.165, 1.54) is 16.8 Å². The predicted molar refractivity (Wildman–Crippen MR) is 134 cm³/mol. The van der Waals surface area contributed by atoms with E-state index in [0.717, 1.165) is 16.8 Å². The van der Waals surface area contributed by atoms with Crippen LogP contribution in [0.25, 0.3) is 11.1 Å². The first-order valence-corrected chi connectivity index (χ1v) is 11.2. The van der Waals surface area contributed by atoms with E-state index in [-0.39, 0.29) is 17.7 Å². The summed E-state index contributed by atoms with van der Waals surface area (Å²) in [5.41, 5.74) is 12.5. The lowest BCUT2D eigenvalue weighted by molar-refractivity contribution is 0.475. The Morgan fingerprint density at radius 1 is 0.903 bits per heavy atom. The van der Waals surface area contributed by atoms with Crippen molar-refractivity contribution in [3.63, 3.8) is 0 Å². The highest BCUT2D eigenvalue weighted by atomic mass is 15.4. The quantitative estimate of drug-likeness (QED) is 0.477. The van der Waals surface area contributed by atoms with Crippen LogP contribution in [0.4, 0.5) is 17.3 Å². The molecule has 3 aromatic rings. The zero-order valence-corrected chi connectivity index (χ0v) is 20.2. The Bertz CT molecular complexity index is 974. The SMILES string of the molecule is CC.CC.Cc1ccccc1C1Nc2cc(-c3cnc(N)nc3)ccc2N1C(C)(C)C. The smallest absolute Gasteiger partial charge is 0.219 e. The van der Waals surface area contributed by atoms with Gasteiger partial charge in [0.05, 0.1) is 11.4 Å². The number of nitrogens with two attached hydrogens (primary N) is 1. The molecule has 1 aromatic heterocycles. The lowest BCUT2D eigenvalue weighted by Crippen LogP contribution is -2.43. The molecule has 0 aliphatic carbocycles. The molecule has 0 fully saturated rings. The van der Waals surface area contributed by atoms with Gasteiger partial charge in [0.25, 0.3) is 0 Å². The Morgan fingerprint density at radius 3 is 2.10 bits per heavy atom. The Morgan fingerprint density at radius 2 is 1.52 bits per heavy atom. The summed E-state index contributed by atoms with van der Waals surface area (Å²) >= 11 is 0. The second-order valence-electron chi connectivity index (χ2n) is 8.01. The maximum Gasteiger partial charge on any atom is 0.219 e. The van der Waals surface area contributed by atoms with Gasteiger partial charge in [-0.2, -0.15) is 0 Å². The van der Waals surface area contributed by atoms with Gasteiger partial charge in [0.1, 0.15) is 6.17 Å². The molecule has 0 saturated heterocycles. The van der Waals surface area contributed by atoms with Crippen LogP contribution in [-0.2, 0) is 0 Å². The van der Waals surface area contributed by atoms with E-state index in [4.69, 9.17) is 5.73 Å². The summed E-state index contributed by atoms with van der Waals surface area (Å²) in [4.78, 5) is 10.7. The number of anilines is 3. The number of aryl methyl sites for hydroxylation is 1. The number of benzene rings is 2. The van der Waals surface area contributed by atoms with Gasteiger partial charge in [-0.05, 0) is 56.5 Å². The zero-order valence-electron chi connectivity index (χ0n) is 20.2. The van der Waals surface area contributed by atoms with Crippen LogP contribution in [0.5, 0.6) is 0 Å². The minimum Gasteiger partial charge on any atom is -0.368 e. The van der Waals surface area contributed by atoms with Crippen molar-refractivity contribution in [2.75, 3.05) is 16.0 Å². The van der Waals surface area contributed by atoms with Gasteiger partial charge in [0.15, 0.2) is 0 Å². The third kappa shape index (κ3) is 5.16. The monoisotopic (exact) mass is 419 g/mol. The molecule has 0 amide bonds. The molecule has 1 atom stereocenters. The van der Waals surface area contributed by atoms with Gasteiger partial charge in [-0.3, -0.25) is 0 Å². The number of hydrogen-bond acceptors (Lipinski definition) is 5. The number of aromatic nitrogens is 2. The summed E-state index contributed by atoms with van der Waals surface area (Å²) in [6.45, 7) is 16.9. The Hall–Kier alpha value is -3.08. The number of nitrogens with one attached hydrogen (secondary N) is 1. The van der Waals surface area contributed by atoms with Gasteiger partial charge in [-0.15, -0.1) is 0 Å². The van der Waals surface area contributed by atoms with Gasteiger partial charge in [0.2, 0.25) is 5.95 Å². The highest BCUT2D eigenvalue weighted by molar-refractivity contribution is 5.83. The Balaban J connectivity index is 0.000000807. The largest absolute Gasteiger partial charge is 0.368 e. The standard InChI is InChI=1S/C22H25N5.2C2H6/c1-14-7-5-6-8-17(14)20-26-18-11-15(16-12-24-21(23)25-13-16)9-10-19(18)27(20)22(2,3)4;2*1-2/h5-13,20,26H,1-4H3,(H2,23,24,25);2*1-2H3. The third-order valence-electron chi connectivity index (χ3n) is 5.02. The minimum atomic E-state index is -0.0307. The van der Waals surface area contributed by atoms with Crippen molar-refractivity contribution >= 4 is 17.3 Å². The van der Waals surface area contributed by atoms with Crippen LogP contribution in [0, 0.1) is 6.92 Å². The van der Waals surface area contributed by atoms with Gasteiger partial charge in [-0.25, -0.2) is 9.97 Å². The van der Waals surface area contributed by atoms with Crippen LogP contribution in [-0.4, -0.2) is 15.5 Å². The van der Waals surface area contributed by atoms with Gasteiger partial charge < -0.3 is 16.0 Å². The molecular formula is C26H37N5. The molecule has 31 heavy (non-hydrogen) atoms. The van der Waals surface area contributed by atoms with Crippen molar-refractivity contribution in [3.05, 3.63) is 66.0 Å². The molecule has 166 valence electrons. The maximum absolute atomic E-state index is 5.62. The number of hydrogen-bond donors (Lipinski definition) is 2. The van der Waals surface area contributed by atoms with Crippen LogP contribution in [0.2, 0.25) is 0 Å². The van der Waals surface area contributed by atoms with Crippen LogP contribution >= 0.6 is 0 Å². The lowest BCUT2D eigenvalue weighted by Gasteiger charge is -2.39. The molecule has 0 spiro atoms. The second kappa shape index (κ2) is 10.3. The van der Waals surface area contributed by atoms with Crippen molar-refractivity contribution in [2.45, 2.75) is 67.1 Å². The Kier molecular flexibility index (Phi) is 8.03. The van der Waals surface area contributed by atoms with Crippen LogP contribution < -0.4 is 16.0 Å². The summed E-state index contributed by atoms with van der Waals surface area (Å²) in [7, 11) is 0. The minimum absolute atomic E-state index is 0.0307. The fourth-order valence-corrected chi connectivity index (χ4v) is 3.74. The van der Waals surface area contributed by atoms with E-state index in [1.807, 2.05) is 27.7 Å². The number of fused-ring (bicyclic) bond motifs is 1. The summed E-state index contributed by atoms with van der Waals surface area (Å²) in [6.07, 6.45) is 3.62. The molecule has 2 heterocycles. The predicted octanol–water partition coefficient (Wildman–Crippen LogP) is 6.82. The molecule has 1 aliphatic rings. The molecule has 0 bridgehead atoms. The number of nitrogens with zero attached hydrogens (tertiary/aromatic N) is 3. The summed E-state index contributed by atoms with van der Waals surface area (Å²) < 4.78 is 0. The highest BCUT2D eigenvalue weighted by Crippen LogP contribution is 2.47. The molecule has 1 aliphatic heterocycles. The van der Waals surface area contributed by atoms with E-state index >= 15 is 0 Å². The topological polar surface area (TPSA) is 67.1 Å². The molecule has 4 rings (SSSR count).